The number of hydrogen-bond donors (Lipinski definition) is 1. The fourth-order valence-electron chi connectivity index (χ4n) is 1.93. The van der Waals surface area contributed by atoms with Gasteiger partial charge in [-0.05, 0) is 19.9 Å². The zero-order chi connectivity index (χ0) is 14.7. The SMILES string of the molecule is CCOC(=O)c1c(C)oc2cc(OCOC)c(O)cc12. The van der Waals surface area contributed by atoms with E-state index in [1.165, 1.54) is 19.2 Å². The molecular formula is C14H16O6. The van der Waals surface area contributed by atoms with Gasteiger partial charge in [0, 0.05) is 18.6 Å². The van der Waals surface area contributed by atoms with E-state index in [1.54, 1.807) is 13.8 Å². The van der Waals surface area contributed by atoms with Gasteiger partial charge in [0.25, 0.3) is 0 Å². The lowest BCUT2D eigenvalue weighted by Crippen LogP contribution is -2.05. The number of aryl methyl sites for hydroxylation is 1. The van der Waals surface area contributed by atoms with Crippen molar-refractivity contribution in [2.75, 3.05) is 20.5 Å². The molecule has 1 N–H and O–H groups in total. The van der Waals surface area contributed by atoms with Gasteiger partial charge < -0.3 is 23.7 Å². The number of ether oxygens (including phenoxy) is 3. The Morgan fingerprint density at radius 2 is 2.15 bits per heavy atom. The minimum Gasteiger partial charge on any atom is -0.504 e. The van der Waals surface area contributed by atoms with Crippen molar-refractivity contribution in [3.63, 3.8) is 0 Å². The van der Waals surface area contributed by atoms with Crippen LogP contribution >= 0.6 is 0 Å². The van der Waals surface area contributed by atoms with E-state index in [4.69, 9.17) is 18.6 Å². The molecule has 0 fully saturated rings. The van der Waals surface area contributed by atoms with E-state index in [2.05, 4.69) is 0 Å². The van der Waals surface area contributed by atoms with Crippen molar-refractivity contribution in [2.45, 2.75) is 13.8 Å². The number of aromatic hydroxyl groups is 1. The van der Waals surface area contributed by atoms with Crippen LogP contribution in [0, 0.1) is 6.92 Å². The fraction of sp³-hybridized carbons (Fsp3) is 0.357. The van der Waals surface area contributed by atoms with Crippen LogP contribution in [0.5, 0.6) is 11.5 Å². The Kier molecular flexibility index (Phi) is 4.14. The fourth-order valence-corrected chi connectivity index (χ4v) is 1.93. The first-order valence-electron chi connectivity index (χ1n) is 6.13. The smallest absolute Gasteiger partial charge is 0.342 e. The summed E-state index contributed by atoms with van der Waals surface area (Å²) in [6.45, 7) is 3.66. The highest BCUT2D eigenvalue weighted by molar-refractivity contribution is 6.05. The maximum atomic E-state index is 11.9. The number of fused-ring (bicyclic) bond motifs is 1. The number of benzene rings is 1. The highest BCUT2D eigenvalue weighted by Crippen LogP contribution is 2.36. The van der Waals surface area contributed by atoms with Crippen molar-refractivity contribution in [3.05, 3.63) is 23.5 Å². The predicted octanol–water partition coefficient (Wildman–Crippen LogP) is 2.61. The molecule has 0 aliphatic rings. The van der Waals surface area contributed by atoms with Gasteiger partial charge in [-0.25, -0.2) is 4.79 Å². The average molecular weight is 280 g/mol. The molecule has 0 bridgehead atoms. The van der Waals surface area contributed by atoms with Crippen LogP contribution in [0.15, 0.2) is 16.5 Å². The second kappa shape index (κ2) is 5.83. The van der Waals surface area contributed by atoms with Crippen molar-refractivity contribution < 1.29 is 28.5 Å². The van der Waals surface area contributed by atoms with Crippen LogP contribution in [-0.4, -0.2) is 31.6 Å². The lowest BCUT2D eigenvalue weighted by atomic mass is 10.1. The summed E-state index contributed by atoms with van der Waals surface area (Å²) >= 11 is 0. The molecule has 2 aromatic rings. The minimum atomic E-state index is -0.478. The zero-order valence-corrected chi connectivity index (χ0v) is 11.6. The Bertz CT molecular complexity index is 628. The summed E-state index contributed by atoms with van der Waals surface area (Å²) < 4.78 is 20.5. The van der Waals surface area contributed by atoms with Crippen molar-refractivity contribution >= 4 is 16.9 Å². The summed E-state index contributed by atoms with van der Waals surface area (Å²) in [6, 6.07) is 2.93. The number of hydrogen-bond acceptors (Lipinski definition) is 6. The molecule has 0 unspecified atom stereocenters. The standard InChI is InChI=1S/C14H16O6/c1-4-18-14(16)13-8(2)20-11-6-12(19-7-17-3)10(15)5-9(11)13/h5-6,15H,4,7H2,1-3H3. The molecular weight excluding hydrogens is 264 g/mol. The topological polar surface area (TPSA) is 78.1 Å². The summed E-state index contributed by atoms with van der Waals surface area (Å²) in [6.07, 6.45) is 0. The van der Waals surface area contributed by atoms with E-state index in [-0.39, 0.29) is 24.9 Å². The molecule has 1 heterocycles. The molecule has 20 heavy (non-hydrogen) atoms. The van der Waals surface area contributed by atoms with Crippen molar-refractivity contribution in [1.82, 2.24) is 0 Å². The largest absolute Gasteiger partial charge is 0.504 e. The molecule has 1 aromatic carbocycles. The third-order valence-corrected chi connectivity index (χ3v) is 2.76. The van der Waals surface area contributed by atoms with Crippen LogP contribution < -0.4 is 4.74 Å². The Labute approximate surface area is 115 Å². The third kappa shape index (κ3) is 2.55. The third-order valence-electron chi connectivity index (χ3n) is 2.76. The van der Waals surface area contributed by atoms with Crippen molar-refractivity contribution in [3.8, 4) is 11.5 Å². The van der Waals surface area contributed by atoms with Gasteiger partial charge in [0.1, 0.15) is 16.9 Å². The van der Waals surface area contributed by atoms with Crippen molar-refractivity contribution in [1.29, 1.82) is 0 Å². The second-order valence-electron chi connectivity index (χ2n) is 4.12. The van der Waals surface area contributed by atoms with Crippen LogP contribution in [-0.2, 0) is 9.47 Å². The second-order valence-corrected chi connectivity index (χ2v) is 4.12. The lowest BCUT2D eigenvalue weighted by molar-refractivity contribution is 0.0492. The van der Waals surface area contributed by atoms with E-state index in [9.17, 15) is 9.90 Å². The van der Waals surface area contributed by atoms with Crippen LogP contribution in [0.3, 0.4) is 0 Å². The van der Waals surface area contributed by atoms with Crippen LogP contribution in [0.2, 0.25) is 0 Å². The number of rotatable bonds is 5. The number of phenols is 1. The Morgan fingerprint density at radius 3 is 2.80 bits per heavy atom. The number of furan rings is 1. The quantitative estimate of drug-likeness (QED) is 0.670. The van der Waals surface area contributed by atoms with E-state index in [0.29, 0.717) is 22.3 Å². The predicted molar refractivity (Wildman–Crippen MR) is 71.1 cm³/mol. The normalized spacial score (nSPS) is 10.8. The molecule has 0 saturated carbocycles. The minimum absolute atomic E-state index is 0.00346. The van der Waals surface area contributed by atoms with Gasteiger partial charge in [-0.2, -0.15) is 0 Å². The monoisotopic (exact) mass is 280 g/mol. The summed E-state index contributed by atoms with van der Waals surface area (Å²) in [4.78, 5) is 11.9. The van der Waals surface area contributed by atoms with E-state index in [1.807, 2.05) is 0 Å². The van der Waals surface area contributed by atoms with Gasteiger partial charge in [-0.1, -0.05) is 0 Å². The number of methoxy groups -OCH3 is 1. The van der Waals surface area contributed by atoms with Crippen LogP contribution in [0.1, 0.15) is 23.0 Å². The van der Waals surface area contributed by atoms with Gasteiger partial charge in [0.05, 0.1) is 6.61 Å². The van der Waals surface area contributed by atoms with Gasteiger partial charge in [-0.3, -0.25) is 0 Å². The molecule has 0 saturated heterocycles. The summed E-state index contributed by atoms with van der Waals surface area (Å²) in [7, 11) is 1.48. The van der Waals surface area contributed by atoms with Crippen LogP contribution in [0.25, 0.3) is 11.0 Å². The Hall–Kier alpha value is -2.21. The molecule has 2 rings (SSSR count). The lowest BCUT2D eigenvalue weighted by Gasteiger charge is -2.06. The number of esters is 1. The highest BCUT2D eigenvalue weighted by Gasteiger charge is 2.21. The first-order chi connectivity index (χ1) is 9.58. The molecule has 0 atom stereocenters. The number of carbonyl (C=O) groups is 1. The first kappa shape index (κ1) is 14.2. The maximum Gasteiger partial charge on any atom is 0.342 e. The summed E-state index contributed by atoms with van der Waals surface area (Å²) in [5, 5.41) is 10.4. The van der Waals surface area contributed by atoms with Gasteiger partial charge in [0.2, 0.25) is 0 Å². The molecule has 0 aliphatic heterocycles. The first-order valence-corrected chi connectivity index (χ1v) is 6.13. The van der Waals surface area contributed by atoms with E-state index >= 15 is 0 Å². The average Bonchev–Trinajstić information content (AvgIpc) is 2.71. The molecule has 108 valence electrons. The summed E-state index contributed by atoms with van der Waals surface area (Å²) in [5.74, 6) is 0.0832. The Morgan fingerprint density at radius 1 is 1.40 bits per heavy atom. The van der Waals surface area contributed by atoms with Gasteiger partial charge in [-0.15, -0.1) is 0 Å². The van der Waals surface area contributed by atoms with Crippen LogP contribution in [0.4, 0.5) is 0 Å². The molecule has 1 aromatic heterocycles. The zero-order valence-electron chi connectivity index (χ0n) is 11.6. The van der Waals surface area contributed by atoms with E-state index < -0.39 is 5.97 Å². The molecule has 0 radical (unpaired) electrons. The number of phenolic OH excluding ortho intramolecular Hbond substituents is 1. The van der Waals surface area contributed by atoms with Gasteiger partial charge >= 0.3 is 5.97 Å². The molecule has 0 aliphatic carbocycles. The Balaban J connectivity index is 2.49. The summed E-state index contributed by atoms with van der Waals surface area (Å²) in [5.41, 5.74) is 0.755. The molecule has 0 amide bonds. The molecule has 0 spiro atoms. The van der Waals surface area contributed by atoms with Crippen molar-refractivity contribution in [2.24, 2.45) is 0 Å². The van der Waals surface area contributed by atoms with E-state index in [0.717, 1.165) is 0 Å². The molecule has 6 nitrogen and oxygen atoms in total. The van der Waals surface area contributed by atoms with Gasteiger partial charge in [0.15, 0.2) is 18.3 Å². The maximum absolute atomic E-state index is 11.9. The molecule has 6 heteroatoms. The highest BCUT2D eigenvalue weighted by atomic mass is 16.7. The number of carbonyl (C=O) groups excluding carboxylic acids is 1.